The Bertz CT molecular complexity index is 588. The molecule has 3 rings (SSSR count). The van der Waals surface area contributed by atoms with Gasteiger partial charge in [0, 0.05) is 5.39 Å². The summed E-state index contributed by atoms with van der Waals surface area (Å²) in [6.45, 7) is 1.98. The van der Waals surface area contributed by atoms with E-state index in [1.54, 1.807) is 4.90 Å². The highest BCUT2D eigenvalue weighted by Gasteiger charge is 2.42. The summed E-state index contributed by atoms with van der Waals surface area (Å²) in [4.78, 5) is 13.6. The lowest BCUT2D eigenvalue weighted by atomic mass is 9.95. The van der Waals surface area contributed by atoms with Crippen LogP contribution in [0.4, 0.5) is 5.69 Å². The Balaban J connectivity index is 2.15. The monoisotopic (exact) mass is 226 g/mol. The molecule has 2 unspecified atom stereocenters. The molecule has 3 nitrogen and oxygen atoms in total. The van der Waals surface area contributed by atoms with Crippen LogP contribution in [0.1, 0.15) is 6.92 Å². The Morgan fingerprint density at radius 3 is 2.59 bits per heavy atom. The summed E-state index contributed by atoms with van der Waals surface area (Å²) in [6.07, 6.45) is 0. The molecule has 86 valence electrons. The number of rotatable bonds is 1. The van der Waals surface area contributed by atoms with Crippen LogP contribution in [-0.2, 0) is 4.79 Å². The van der Waals surface area contributed by atoms with Gasteiger partial charge >= 0.3 is 0 Å². The number of β-lactam (4-membered cyclic amide) rings is 1. The Morgan fingerprint density at radius 2 is 1.82 bits per heavy atom. The highest BCUT2D eigenvalue weighted by Crippen LogP contribution is 2.33. The Kier molecular flexibility index (Phi) is 2.16. The number of carbonyl (C=O) groups is 1. The van der Waals surface area contributed by atoms with Gasteiger partial charge in [-0.3, -0.25) is 4.79 Å². The van der Waals surface area contributed by atoms with Gasteiger partial charge in [-0.25, -0.2) is 0 Å². The number of anilines is 1. The molecular weight excluding hydrogens is 212 g/mol. The summed E-state index contributed by atoms with van der Waals surface area (Å²) in [5.74, 6) is 0.00820. The standard InChI is InChI=1S/C14H14N2O/c1-9-13(15)14(17)16(9)12-8-4-6-10-5-2-3-7-11(10)12/h2-9,13H,15H2,1H3. The third kappa shape index (κ3) is 1.36. The van der Waals surface area contributed by atoms with Crippen molar-refractivity contribution in [2.75, 3.05) is 4.90 Å². The summed E-state index contributed by atoms with van der Waals surface area (Å²) in [6, 6.07) is 13.8. The van der Waals surface area contributed by atoms with Gasteiger partial charge in [-0.15, -0.1) is 0 Å². The molecule has 2 aromatic rings. The summed E-state index contributed by atoms with van der Waals surface area (Å²) in [7, 11) is 0. The van der Waals surface area contributed by atoms with E-state index in [-0.39, 0.29) is 18.0 Å². The minimum atomic E-state index is -0.353. The average molecular weight is 226 g/mol. The SMILES string of the molecule is CC1C(N)C(=O)N1c1cccc2ccccc12. The molecule has 1 aliphatic rings. The lowest BCUT2D eigenvalue weighted by Crippen LogP contribution is -2.67. The van der Waals surface area contributed by atoms with E-state index in [1.807, 2.05) is 49.4 Å². The number of fused-ring (bicyclic) bond motifs is 1. The van der Waals surface area contributed by atoms with Crippen molar-refractivity contribution in [1.82, 2.24) is 0 Å². The Morgan fingerprint density at radius 1 is 1.12 bits per heavy atom. The molecule has 1 fully saturated rings. The molecule has 0 aromatic heterocycles. The fraction of sp³-hybridized carbons (Fsp3) is 0.214. The Hall–Kier alpha value is -1.87. The molecule has 17 heavy (non-hydrogen) atoms. The van der Waals surface area contributed by atoms with Gasteiger partial charge in [0.05, 0.1) is 11.7 Å². The fourth-order valence-electron chi connectivity index (χ4n) is 2.40. The van der Waals surface area contributed by atoms with E-state index in [4.69, 9.17) is 5.73 Å². The van der Waals surface area contributed by atoms with Gasteiger partial charge in [0.1, 0.15) is 6.04 Å². The van der Waals surface area contributed by atoms with E-state index >= 15 is 0 Å². The smallest absolute Gasteiger partial charge is 0.246 e. The highest BCUT2D eigenvalue weighted by molar-refractivity contribution is 6.10. The number of carbonyl (C=O) groups excluding carboxylic acids is 1. The maximum atomic E-state index is 11.8. The first-order valence-corrected chi connectivity index (χ1v) is 5.76. The number of hydrogen-bond acceptors (Lipinski definition) is 2. The number of hydrogen-bond donors (Lipinski definition) is 1. The summed E-state index contributed by atoms with van der Waals surface area (Å²) < 4.78 is 0. The molecule has 1 heterocycles. The lowest BCUT2D eigenvalue weighted by molar-refractivity contribution is -0.125. The van der Waals surface area contributed by atoms with Gasteiger partial charge in [0.25, 0.3) is 0 Å². The number of nitrogens with zero attached hydrogens (tertiary/aromatic N) is 1. The molecule has 1 aliphatic heterocycles. The minimum absolute atomic E-state index is 0.00820. The van der Waals surface area contributed by atoms with Gasteiger partial charge in [0.2, 0.25) is 5.91 Å². The summed E-state index contributed by atoms with van der Waals surface area (Å²) >= 11 is 0. The second kappa shape index (κ2) is 3.57. The first kappa shape index (κ1) is 10.3. The predicted molar refractivity (Wildman–Crippen MR) is 68.9 cm³/mol. The zero-order valence-electron chi connectivity index (χ0n) is 9.63. The van der Waals surface area contributed by atoms with Crippen molar-refractivity contribution in [2.45, 2.75) is 19.0 Å². The number of nitrogens with two attached hydrogens (primary N) is 1. The van der Waals surface area contributed by atoms with Crippen molar-refractivity contribution in [3.05, 3.63) is 42.5 Å². The first-order chi connectivity index (χ1) is 8.20. The molecule has 2 atom stereocenters. The fourth-order valence-corrected chi connectivity index (χ4v) is 2.40. The second-order valence-electron chi connectivity index (χ2n) is 4.47. The normalized spacial score (nSPS) is 23.9. The van der Waals surface area contributed by atoms with Crippen LogP contribution in [0.5, 0.6) is 0 Å². The molecule has 0 saturated carbocycles. The molecule has 2 N–H and O–H groups in total. The van der Waals surface area contributed by atoms with Crippen molar-refractivity contribution >= 4 is 22.4 Å². The third-order valence-electron chi connectivity index (χ3n) is 3.48. The van der Waals surface area contributed by atoms with Crippen LogP contribution in [-0.4, -0.2) is 18.0 Å². The molecular formula is C14H14N2O. The van der Waals surface area contributed by atoms with Crippen LogP contribution < -0.4 is 10.6 Å². The van der Waals surface area contributed by atoms with Crippen LogP contribution in [0.25, 0.3) is 10.8 Å². The van der Waals surface area contributed by atoms with Crippen LogP contribution in [0, 0.1) is 0 Å². The zero-order valence-corrected chi connectivity index (χ0v) is 9.63. The van der Waals surface area contributed by atoms with E-state index in [9.17, 15) is 4.79 Å². The second-order valence-corrected chi connectivity index (χ2v) is 4.47. The average Bonchev–Trinajstić information content (AvgIpc) is 2.39. The predicted octanol–water partition coefficient (Wildman–Crippen LogP) is 1.90. The number of amides is 1. The van der Waals surface area contributed by atoms with Crippen molar-refractivity contribution < 1.29 is 4.79 Å². The number of benzene rings is 2. The van der Waals surface area contributed by atoms with Crippen molar-refractivity contribution in [3.8, 4) is 0 Å². The molecule has 3 heteroatoms. The minimum Gasteiger partial charge on any atom is -0.318 e. The molecule has 0 bridgehead atoms. The van der Waals surface area contributed by atoms with E-state index < -0.39 is 0 Å². The van der Waals surface area contributed by atoms with Gasteiger partial charge < -0.3 is 10.6 Å². The van der Waals surface area contributed by atoms with Gasteiger partial charge in [-0.1, -0.05) is 36.4 Å². The molecule has 1 saturated heterocycles. The zero-order chi connectivity index (χ0) is 12.0. The van der Waals surface area contributed by atoms with E-state index in [2.05, 4.69) is 0 Å². The molecule has 1 amide bonds. The summed E-state index contributed by atoms with van der Waals surface area (Å²) in [5, 5.41) is 2.24. The largest absolute Gasteiger partial charge is 0.318 e. The molecule has 0 aliphatic carbocycles. The maximum absolute atomic E-state index is 11.8. The first-order valence-electron chi connectivity index (χ1n) is 5.76. The van der Waals surface area contributed by atoms with Crippen LogP contribution >= 0.6 is 0 Å². The highest BCUT2D eigenvalue weighted by atomic mass is 16.2. The third-order valence-corrected chi connectivity index (χ3v) is 3.48. The maximum Gasteiger partial charge on any atom is 0.246 e. The van der Waals surface area contributed by atoms with Gasteiger partial charge in [-0.2, -0.15) is 0 Å². The van der Waals surface area contributed by atoms with Gasteiger partial charge in [-0.05, 0) is 18.4 Å². The molecule has 2 aromatic carbocycles. The quantitative estimate of drug-likeness (QED) is 0.755. The van der Waals surface area contributed by atoms with Crippen LogP contribution in [0.15, 0.2) is 42.5 Å². The lowest BCUT2D eigenvalue weighted by Gasteiger charge is -2.43. The van der Waals surface area contributed by atoms with E-state index in [1.165, 1.54) is 0 Å². The Labute approximate surface area is 99.8 Å². The molecule has 0 radical (unpaired) electrons. The van der Waals surface area contributed by atoms with Crippen molar-refractivity contribution in [3.63, 3.8) is 0 Å². The van der Waals surface area contributed by atoms with Crippen LogP contribution in [0.3, 0.4) is 0 Å². The van der Waals surface area contributed by atoms with Gasteiger partial charge in [0.15, 0.2) is 0 Å². The van der Waals surface area contributed by atoms with Crippen molar-refractivity contribution in [1.29, 1.82) is 0 Å². The summed E-state index contributed by atoms with van der Waals surface area (Å²) in [5.41, 5.74) is 6.71. The van der Waals surface area contributed by atoms with Crippen LogP contribution in [0.2, 0.25) is 0 Å². The van der Waals surface area contributed by atoms with E-state index in [0.717, 1.165) is 16.5 Å². The van der Waals surface area contributed by atoms with E-state index in [0.29, 0.717) is 0 Å². The topological polar surface area (TPSA) is 46.3 Å². The molecule has 0 spiro atoms. The van der Waals surface area contributed by atoms with Crippen molar-refractivity contribution in [2.24, 2.45) is 5.73 Å².